The van der Waals surface area contributed by atoms with Gasteiger partial charge in [-0.15, -0.1) is 0 Å². The minimum absolute atomic E-state index is 0.181. The Hall–Kier alpha value is -1.38. The van der Waals surface area contributed by atoms with Gasteiger partial charge in [-0.2, -0.15) is 0 Å². The molecule has 0 aromatic heterocycles. The summed E-state index contributed by atoms with van der Waals surface area (Å²) >= 11 is 5.95. The molecule has 1 atom stereocenters. The van der Waals surface area contributed by atoms with Crippen molar-refractivity contribution in [3.8, 4) is 0 Å². The molecule has 0 spiro atoms. The molecule has 3 heteroatoms. The van der Waals surface area contributed by atoms with Crippen molar-refractivity contribution in [2.24, 2.45) is 0 Å². The fraction of sp³-hybridized carbons (Fsp3) is 0.333. The lowest BCUT2D eigenvalue weighted by Gasteiger charge is -2.17. The molecule has 0 saturated heterocycles. The number of halogens is 2. The van der Waals surface area contributed by atoms with E-state index in [0.717, 1.165) is 6.42 Å². The molecule has 1 N–H and O–H groups in total. The quantitative estimate of drug-likeness (QED) is 0.859. The van der Waals surface area contributed by atoms with E-state index in [9.17, 15) is 4.39 Å². The van der Waals surface area contributed by atoms with Gasteiger partial charge in [-0.1, -0.05) is 29.8 Å². The van der Waals surface area contributed by atoms with E-state index < -0.39 is 0 Å². The van der Waals surface area contributed by atoms with Crippen LogP contribution in [-0.4, -0.2) is 13.1 Å². The average Bonchev–Trinajstić information content (AvgIpc) is 2.46. The number of benzene rings is 2. The molecule has 0 fully saturated rings. The van der Waals surface area contributed by atoms with Gasteiger partial charge >= 0.3 is 0 Å². The van der Waals surface area contributed by atoms with Crippen LogP contribution in [0.3, 0.4) is 0 Å². The Kier molecular flexibility index (Phi) is 5.38. The van der Waals surface area contributed by atoms with Gasteiger partial charge in [0.05, 0.1) is 0 Å². The van der Waals surface area contributed by atoms with Gasteiger partial charge in [-0.3, -0.25) is 0 Å². The molecule has 2 aromatic rings. The highest BCUT2D eigenvalue weighted by Gasteiger charge is 2.12. The van der Waals surface area contributed by atoms with Crippen LogP contribution < -0.4 is 5.32 Å². The number of hydrogen-bond acceptors (Lipinski definition) is 1. The summed E-state index contributed by atoms with van der Waals surface area (Å²) in [5.41, 5.74) is 4.50. The summed E-state index contributed by atoms with van der Waals surface area (Å²) in [5, 5.41) is 3.85. The summed E-state index contributed by atoms with van der Waals surface area (Å²) in [6, 6.07) is 11.4. The molecule has 2 aromatic carbocycles. The van der Waals surface area contributed by atoms with Crippen LogP contribution in [-0.2, 0) is 12.8 Å². The van der Waals surface area contributed by atoms with Crippen LogP contribution in [0.2, 0.25) is 5.02 Å². The molecule has 112 valence electrons. The number of aryl methyl sites for hydroxylation is 2. The fourth-order valence-electron chi connectivity index (χ4n) is 2.46. The summed E-state index contributed by atoms with van der Waals surface area (Å²) in [4.78, 5) is 0. The van der Waals surface area contributed by atoms with E-state index in [0.29, 0.717) is 17.0 Å². The van der Waals surface area contributed by atoms with E-state index in [4.69, 9.17) is 11.6 Å². The largest absolute Gasteiger partial charge is 0.316 e. The number of likely N-dealkylation sites (N-methyl/N-ethyl adjacent to an activating group) is 1. The third-order valence-corrected chi connectivity index (χ3v) is 4.17. The molecule has 0 aliphatic heterocycles. The van der Waals surface area contributed by atoms with Gasteiger partial charge in [0, 0.05) is 11.1 Å². The fourth-order valence-corrected chi connectivity index (χ4v) is 2.65. The third-order valence-electron chi connectivity index (χ3n) is 3.94. The van der Waals surface area contributed by atoms with Crippen molar-refractivity contribution < 1.29 is 4.39 Å². The molecular weight excluding hydrogens is 285 g/mol. The van der Waals surface area contributed by atoms with E-state index in [-0.39, 0.29) is 11.9 Å². The van der Waals surface area contributed by atoms with Crippen molar-refractivity contribution in [1.82, 2.24) is 5.32 Å². The number of nitrogens with one attached hydrogen (secondary N) is 1. The molecule has 0 aliphatic rings. The standard InChI is InChI=1S/C18H21ClFN/c1-12-4-5-14(8-13(12)2)9-17(21-3)11-15-10-16(19)6-7-18(15)20/h4-8,10,17,21H,9,11H2,1-3H3. The van der Waals surface area contributed by atoms with Crippen molar-refractivity contribution in [1.29, 1.82) is 0 Å². The van der Waals surface area contributed by atoms with E-state index in [1.54, 1.807) is 12.1 Å². The molecule has 0 amide bonds. The first-order chi connectivity index (χ1) is 9.99. The zero-order chi connectivity index (χ0) is 15.4. The Bertz CT molecular complexity index is 625. The Morgan fingerprint density at radius 1 is 1.05 bits per heavy atom. The summed E-state index contributed by atoms with van der Waals surface area (Å²) in [6.07, 6.45) is 1.49. The van der Waals surface area contributed by atoms with E-state index in [1.807, 2.05) is 7.05 Å². The monoisotopic (exact) mass is 305 g/mol. The third kappa shape index (κ3) is 4.29. The molecule has 0 bridgehead atoms. The van der Waals surface area contributed by atoms with Gasteiger partial charge in [0.25, 0.3) is 0 Å². The molecule has 21 heavy (non-hydrogen) atoms. The molecule has 2 rings (SSSR count). The topological polar surface area (TPSA) is 12.0 Å². The van der Waals surface area contributed by atoms with Crippen LogP contribution in [0.15, 0.2) is 36.4 Å². The SMILES string of the molecule is CNC(Cc1ccc(C)c(C)c1)Cc1cc(Cl)ccc1F. The lowest BCUT2D eigenvalue weighted by molar-refractivity contribution is 0.532. The van der Waals surface area contributed by atoms with Gasteiger partial charge in [-0.25, -0.2) is 4.39 Å². The van der Waals surface area contributed by atoms with Crippen LogP contribution in [0.4, 0.5) is 4.39 Å². The van der Waals surface area contributed by atoms with E-state index in [2.05, 4.69) is 37.4 Å². The summed E-state index contributed by atoms with van der Waals surface area (Å²) in [6.45, 7) is 4.22. The van der Waals surface area contributed by atoms with Crippen LogP contribution in [0.25, 0.3) is 0 Å². The van der Waals surface area contributed by atoms with Gasteiger partial charge in [0.15, 0.2) is 0 Å². The second-order valence-corrected chi connectivity index (χ2v) is 5.98. The van der Waals surface area contributed by atoms with E-state index in [1.165, 1.54) is 22.8 Å². The van der Waals surface area contributed by atoms with E-state index >= 15 is 0 Å². The maximum atomic E-state index is 13.8. The minimum Gasteiger partial charge on any atom is -0.316 e. The Morgan fingerprint density at radius 3 is 2.48 bits per heavy atom. The Balaban J connectivity index is 2.12. The zero-order valence-corrected chi connectivity index (χ0v) is 13.5. The van der Waals surface area contributed by atoms with Crippen LogP contribution in [0.1, 0.15) is 22.3 Å². The first kappa shape index (κ1) is 16.0. The molecular formula is C18H21ClFN. The first-order valence-electron chi connectivity index (χ1n) is 7.17. The zero-order valence-electron chi connectivity index (χ0n) is 12.7. The second kappa shape index (κ2) is 7.06. The average molecular weight is 306 g/mol. The van der Waals surface area contributed by atoms with Crippen molar-refractivity contribution in [2.45, 2.75) is 32.7 Å². The predicted octanol–water partition coefficient (Wildman–Crippen LogP) is 4.47. The summed E-state index contributed by atoms with van der Waals surface area (Å²) in [5.74, 6) is -0.195. The van der Waals surface area contributed by atoms with Crippen LogP contribution in [0, 0.1) is 19.7 Å². The lowest BCUT2D eigenvalue weighted by Crippen LogP contribution is -2.30. The summed E-state index contributed by atoms with van der Waals surface area (Å²) in [7, 11) is 1.91. The normalized spacial score (nSPS) is 12.4. The highest BCUT2D eigenvalue weighted by atomic mass is 35.5. The highest BCUT2D eigenvalue weighted by molar-refractivity contribution is 6.30. The predicted molar refractivity (Wildman–Crippen MR) is 87.6 cm³/mol. The molecule has 0 radical (unpaired) electrons. The highest BCUT2D eigenvalue weighted by Crippen LogP contribution is 2.18. The number of rotatable bonds is 5. The molecule has 0 saturated carbocycles. The Morgan fingerprint density at radius 2 is 1.81 bits per heavy atom. The second-order valence-electron chi connectivity index (χ2n) is 5.55. The molecule has 0 heterocycles. The van der Waals surface area contributed by atoms with Gasteiger partial charge in [0.1, 0.15) is 5.82 Å². The van der Waals surface area contributed by atoms with Crippen molar-refractivity contribution in [2.75, 3.05) is 7.05 Å². The summed E-state index contributed by atoms with van der Waals surface area (Å²) < 4.78 is 13.8. The lowest BCUT2D eigenvalue weighted by atomic mass is 9.96. The minimum atomic E-state index is -0.195. The van der Waals surface area contributed by atoms with Gasteiger partial charge in [0.2, 0.25) is 0 Å². The first-order valence-corrected chi connectivity index (χ1v) is 7.54. The van der Waals surface area contributed by atoms with Gasteiger partial charge < -0.3 is 5.32 Å². The van der Waals surface area contributed by atoms with Crippen molar-refractivity contribution in [3.05, 3.63) is 69.5 Å². The van der Waals surface area contributed by atoms with Crippen LogP contribution >= 0.6 is 11.6 Å². The Labute approximate surface area is 131 Å². The van der Waals surface area contributed by atoms with Crippen molar-refractivity contribution >= 4 is 11.6 Å². The van der Waals surface area contributed by atoms with Crippen molar-refractivity contribution in [3.63, 3.8) is 0 Å². The molecule has 1 unspecified atom stereocenters. The maximum Gasteiger partial charge on any atom is 0.126 e. The number of hydrogen-bond donors (Lipinski definition) is 1. The van der Waals surface area contributed by atoms with Crippen LogP contribution in [0.5, 0.6) is 0 Å². The maximum absolute atomic E-state index is 13.8. The van der Waals surface area contributed by atoms with Gasteiger partial charge in [-0.05, 0) is 74.2 Å². The molecule has 1 nitrogen and oxygen atoms in total. The smallest absolute Gasteiger partial charge is 0.126 e. The molecule has 0 aliphatic carbocycles.